The summed E-state index contributed by atoms with van der Waals surface area (Å²) in [6, 6.07) is 6.05. The van der Waals surface area contributed by atoms with E-state index in [2.05, 4.69) is 37.1 Å². The predicted molar refractivity (Wildman–Crippen MR) is 96.5 cm³/mol. The normalized spacial score (nSPS) is 18.0. The summed E-state index contributed by atoms with van der Waals surface area (Å²) in [5.41, 5.74) is 1.27. The van der Waals surface area contributed by atoms with Crippen molar-refractivity contribution in [2.24, 2.45) is 5.41 Å². The molecular weight excluding hydrogens is 318 g/mol. The molecule has 0 unspecified atom stereocenters. The second-order valence-corrected chi connectivity index (χ2v) is 7.60. The summed E-state index contributed by atoms with van der Waals surface area (Å²) in [4.78, 5) is 16.4. The number of carbonyl (C=O) groups excluding carboxylic acids is 1. The van der Waals surface area contributed by atoms with Gasteiger partial charge in [0.25, 0.3) is 0 Å². The number of urea groups is 1. The highest BCUT2D eigenvalue weighted by molar-refractivity contribution is 5.75. The molecule has 1 fully saturated rings. The van der Waals surface area contributed by atoms with Crippen molar-refractivity contribution in [2.45, 2.75) is 27.3 Å². The molecule has 1 aromatic rings. The van der Waals surface area contributed by atoms with Crippen molar-refractivity contribution in [2.75, 3.05) is 33.0 Å². The Kier molecular flexibility index (Phi) is 5.18. The number of fused-ring (bicyclic) bond motifs is 1. The van der Waals surface area contributed by atoms with Crippen molar-refractivity contribution in [3.05, 3.63) is 36.0 Å². The number of piperazine rings is 1. The van der Waals surface area contributed by atoms with Crippen LogP contribution in [0, 0.1) is 5.41 Å². The quantitative estimate of drug-likeness (QED) is 0.915. The first-order chi connectivity index (χ1) is 11.9. The molecule has 0 aliphatic carbocycles. The summed E-state index contributed by atoms with van der Waals surface area (Å²) < 4.78 is 10.8. The molecule has 2 aliphatic rings. The van der Waals surface area contributed by atoms with Gasteiger partial charge in [-0.25, -0.2) is 4.79 Å². The summed E-state index contributed by atoms with van der Waals surface area (Å²) in [5, 5.41) is 2.86. The van der Waals surface area contributed by atoms with Gasteiger partial charge in [-0.05, 0) is 23.1 Å². The van der Waals surface area contributed by atoms with E-state index in [-0.39, 0.29) is 11.4 Å². The molecule has 0 aromatic heterocycles. The van der Waals surface area contributed by atoms with Crippen molar-refractivity contribution >= 4 is 6.03 Å². The molecule has 2 aliphatic heterocycles. The minimum absolute atomic E-state index is 0.0248. The van der Waals surface area contributed by atoms with Gasteiger partial charge in [-0.2, -0.15) is 0 Å². The average molecular weight is 345 g/mol. The van der Waals surface area contributed by atoms with E-state index < -0.39 is 0 Å². The highest BCUT2D eigenvalue weighted by atomic mass is 16.7. The third-order valence-corrected chi connectivity index (χ3v) is 4.29. The Labute approximate surface area is 149 Å². The number of carbonyl (C=O) groups is 1. The van der Waals surface area contributed by atoms with E-state index in [0.717, 1.165) is 44.2 Å². The molecule has 3 rings (SSSR count). The fourth-order valence-corrected chi connectivity index (χ4v) is 2.86. The monoisotopic (exact) mass is 345 g/mol. The van der Waals surface area contributed by atoms with Crippen LogP contribution in [-0.4, -0.2) is 48.8 Å². The van der Waals surface area contributed by atoms with Gasteiger partial charge in [0.05, 0.1) is 0 Å². The molecule has 0 radical (unpaired) electrons. The van der Waals surface area contributed by atoms with Gasteiger partial charge in [0.15, 0.2) is 11.5 Å². The van der Waals surface area contributed by atoms with Gasteiger partial charge >= 0.3 is 6.03 Å². The van der Waals surface area contributed by atoms with Crippen LogP contribution in [0.25, 0.3) is 0 Å². The Morgan fingerprint density at radius 1 is 1.16 bits per heavy atom. The number of benzene rings is 1. The molecule has 0 bridgehead atoms. The van der Waals surface area contributed by atoms with E-state index in [1.807, 2.05) is 23.1 Å². The van der Waals surface area contributed by atoms with Crippen molar-refractivity contribution < 1.29 is 14.3 Å². The molecule has 2 amide bonds. The summed E-state index contributed by atoms with van der Waals surface area (Å²) in [7, 11) is 0. The summed E-state index contributed by atoms with van der Waals surface area (Å²) in [6.45, 7) is 10.7. The van der Waals surface area contributed by atoms with Crippen LogP contribution in [0.15, 0.2) is 30.5 Å². The summed E-state index contributed by atoms with van der Waals surface area (Å²) >= 11 is 0. The lowest BCUT2D eigenvalue weighted by Gasteiger charge is -2.34. The molecule has 2 heterocycles. The summed E-state index contributed by atoms with van der Waals surface area (Å²) in [5.74, 6) is 1.63. The highest BCUT2D eigenvalue weighted by Crippen LogP contribution is 2.32. The fraction of sp³-hybridized carbons (Fsp3) is 0.526. The Hall–Kier alpha value is -2.21. The van der Waals surface area contributed by atoms with E-state index in [4.69, 9.17) is 9.47 Å². The van der Waals surface area contributed by atoms with Crippen LogP contribution < -0.4 is 14.8 Å². The minimum atomic E-state index is -0.0248. The van der Waals surface area contributed by atoms with Crippen LogP contribution in [0.4, 0.5) is 4.79 Å². The average Bonchev–Trinajstić information content (AvgIpc) is 3.02. The Morgan fingerprint density at radius 3 is 2.60 bits per heavy atom. The van der Waals surface area contributed by atoms with Gasteiger partial charge in [0.1, 0.15) is 0 Å². The smallest absolute Gasteiger partial charge is 0.321 e. The largest absolute Gasteiger partial charge is 0.454 e. The van der Waals surface area contributed by atoms with Gasteiger partial charge < -0.3 is 19.7 Å². The molecule has 25 heavy (non-hydrogen) atoms. The molecule has 1 saturated heterocycles. The van der Waals surface area contributed by atoms with Crippen LogP contribution in [0.5, 0.6) is 11.5 Å². The third kappa shape index (κ3) is 4.89. The van der Waals surface area contributed by atoms with Gasteiger partial charge in [0.2, 0.25) is 6.79 Å². The molecule has 6 nitrogen and oxygen atoms in total. The maximum Gasteiger partial charge on any atom is 0.321 e. The first kappa shape index (κ1) is 17.6. The highest BCUT2D eigenvalue weighted by Gasteiger charge is 2.21. The van der Waals surface area contributed by atoms with E-state index in [9.17, 15) is 4.79 Å². The molecule has 0 atom stereocenters. The Morgan fingerprint density at radius 2 is 1.88 bits per heavy atom. The first-order valence-electron chi connectivity index (χ1n) is 8.75. The van der Waals surface area contributed by atoms with Crippen LogP contribution in [0.2, 0.25) is 0 Å². The van der Waals surface area contributed by atoms with Gasteiger partial charge in [-0.15, -0.1) is 0 Å². The lowest BCUT2D eigenvalue weighted by atomic mass is 9.97. The molecule has 136 valence electrons. The van der Waals surface area contributed by atoms with Crippen molar-refractivity contribution in [3.63, 3.8) is 0 Å². The van der Waals surface area contributed by atoms with Crippen LogP contribution in [0.3, 0.4) is 0 Å². The number of rotatable bonds is 3. The second kappa shape index (κ2) is 7.35. The number of allylic oxidation sites excluding steroid dienone is 1. The lowest BCUT2D eigenvalue weighted by molar-refractivity contribution is 0.137. The van der Waals surface area contributed by atoms with E-state index in [0.29, 0.717) is 6.79 Å². The molecule has 1 N–H and O–H groups in total. The van der Waals surface area contributed by atoms with E-state index >= 15 is 0 Å². The topological polar surface area (TPSA) is 54.0 Å². The second-order valence-electron chi connectivity index (χ2n) is 7.60. The number of amides is 2. The minimum Gasteiger partial charge on any atom is -0.454 e. The zero-order valence-corrected chi connectivity index (χ0v) is 15.2. The number of ether oxygens (including phenoxy) is 2. The number of nitrogens with zero attached hydrogens (tertiary/aromatic N) is 2. The van der Waals surface area contributed by atoms with Gasteiger partial charge in [-0.3, -0.25) is 4.90 Å². The van der Waals surface area contributed by atoms with E-state index in [1.54, 1.807) is 6.20 Å². The lowest BCUT2D eigenvalue weighted by Crippen LogP contribution is -2.50. The number of hydrogen-bond donors (Lipinski definition) is 1. The first-order valence-corrected chi connectivity index (χ1v) is 8.75. The Bertz CT molecular complexity index is 644. The van der Waals surface area contributed by atoms with Crippen LogP contribution >= 0.6 is 0 Å². The number of hydrogen-bond acceptors (Lipinski definition) is 4. The predicted octanol–water partition coefficient (Wildman–Crippen LogP) is 2.80. The molecule has 0 spiro atoms. The fourth-order valence-electron chi connectivity index (χ4n) is 2.86. The standard InChI is InChI=1S/C19H27N3O3/c1-19(2,3)6-7-20-18(23)22-10-8-21(9-11-22)13-15-4-5-16-17(12-15)25-14-24-16/h4-7,12H,8-11,13-14H2,1-3H3,(H,20,23)/b7-6+. The molecular formula is C19H27N3O3. The zero-order chi connectivity index (χ0) is 17.9. The molecule has 1 aromatic carbocycles. The maximum absolute atomic E-state index is 12.2. The van der Waals surface area contributed by atoms with Gasteiger partial charge in [-0.1, -0.05) is 32.9 Å². The number of nitrogens with one attached hydrogen (secondary N) is 1. The van der Waals surface area contributed by atoms with Crippen LogP contribution in [-0.2, 0) is 6.54 Å². The molecule has 6 heteroatoms. The third-order valence-electron chi connectivity index (χ3n) is 4.29. The van der Waals surface area contributed by atoms with E-state index in [1.165, 1.54) is 5.56 Å². The summed E-state index contributed by atoms with van der Waals surface area (Å²) in [6.07, 6.45) is 3.75. The van der Waals surface area contributed by atoms with Gasteiger partial charge in [0, 0.05) is 38.9 Å². The maximum atomic E-state index is 12.2. The Balaban J connectivity index is 1.45. The SMILES string of the molecule is CC(C)(C)/C=C/NC(=O)N1CCN(Cc2ccc3c(c2)OCO3)CC1. The zero-order valence-electron chi connectivity index (χ0n) is 15.2. The van der Waals surface area contributed by atoms with Crippen LogP contribution in [0.1, 0.15) is 26.3 Å². The van der Waals surface area contributed by atoms with Crippen molar-refractivity contribution in [1.82, 2.24) is 15.1 Å². The van der Waals surface area contributed by atoms with Crippen molar-refractivity contribution in [3.8, 4) is 11.5 Å². The van der Waals surface area contributed by atoms with Crippen molar-refractivity contribution in [1.29, 1.82) is 0 Å². The molecule has 0 saturated carbocycles.